The fraction of sp³-hybridized carbons (Fsp3) is 0.429. The SMILES string of the molecule is COc1cc2c(cc1O)[C@H](c1cc(OC)c(O)c(OC)c1)[C@@H]1COC[C@H]1C2. The van der Waals surface area contributed by atoms with Gasteiger partial charge in [-0.25, -0.2) is 0 Å². The van der Waals surface area contributed by atoms with Gasteiger partial charge in [-0.15, -0.1) is 0 Å². The van der Waals surface area contributed by atoms with Crippen molar-refractivity contribution in [2.45, 2.75) is 12.3 Å². The lowest BCUT2D eigenvalue weighted by Gasteiger charge is -2.35. The minimum Gasteiger partial charge on any atom is -0.504 e. The molecule has 6 heteroatoms. The molecule has 0 radical (unpaired) electrons. The Morgan fingerprint density at radius 1 is 0.889 bits per heavy atom. The summed E-state index contributed by atoms with van der Waals surface area (Å²) in [7, 11) is 4.59. The summed E-state index contributed by atoms with van der Waals surface area (Å²) in [5.74, 6) is 1.99. The van der Waals surface area contributed by atoms with Crippen LogP contribution in [0.4, 0.5) is 0 Å². The molecule has 2 aliphatic rings. The van der Waals surface area contributed by atoms with E-state index in [1.165, 1.54) is 14.2 Å². The molecule has 0 spiro atoms. The van der Waals surface area contributed by atoms with Crippen LogP contribution in [-0.2, 0) is 11.2 Å². The lowest BCUT2D eigenvalue weighted by atomic mass is 9.68. The number of phenolic OH excluding ortho intramolecular Hbond substituents is 2. The minimum atomic E-state index is -0.0171. The average Bonchev–Trinajstić information content (AvgIpc) is 3.14. The van der Waals surface area contributed by atoms with Crippen LogP contribution in [-0.4, -0.2) is 44.8 Å². The van der Waals surface area contributed by atoms with Crippen LogP contribution in [0.2, 0.25) is 0 Å². The predicted molar refractivity (Wildman–Crippen MR) is 99.2 cm³/mol. The molecule has 27 heavy (non-hydrogen) atoms. The summed E-state index contributed by atoms with van der Waals surface area (Å²) in [6, 6.07) is 7.39. The van der Waals surface area contributed by atoms with Crippen molar-refractivity contribution < 1.29 is 29.2 Å². The molecule has 0 amide bonds. The highest BCUT2D eigenvalue weighted by atomic mass is 16.5. The Kier molecular flexibility index (Phi) is 4.52. The fourth-order valence-corrected chi connectivity index (χ4v) is 4.48. The van der Waals surface area contributed by atoms with Crippen LogP contribution < -0.4 is 14.2 Å². The Morgan fingerprint density at radius 2 is 1.56 bits per heavy atom. The van der Waals surface area contributed by atoms with E-state index >= 15 is 0 Å². The van der Waals surface area contributed by atoms with E-state index in [1.54, 1.807) is 13.2 Å². The zero-order chi connectivity index (χ0) is 19.1. The highest BCUT2D eigenvalue weighted by molar-refractivity contribution is 5.57. The first-order valence-corrected chi connectivity index (χ1v) is 8.99. The third kappa shape index (κ3) is 2.84. The van der Waals surface area contributed by atoms with Crippen molar-refractivity contribution in [2.24, 2.45) is 11.8 Å². The summed E-state index contributed by atoms with van der Waals surface area (Å²) in [6.07, 6.45) is 0.888. The number of benzene rings is 2. The van der Waals surface area contributed by atoms with Crippen molar-refractivity contribution in [3.8, 4) is 28.7 Å². The molecule has 0 saturated carbocycles. The molecular weight excluding hydrogens is 348 g/mol. The normalized spacial score (nSPS) is 23.4. The summed E-state index contributed by atoms with van der Waals surface area (Å²) < 4.78 is 21.8. The van der Waals surface area contributed by atoms with Crippen LogP contribution in [0.25, 0.3) is 0 Å². The van der Waals surface area contributed by atoms with Crippen LogP contribution in [0, 0.1) is 11.8 Å². The molecule has 2 aromatic carbocycles. The molecule has 4 rings (SSSR count). The van der Waals surface area contributed by atoms with Crippen molar-refractivity contribution >= 4 is 0 Å². The van der Waals surface area contributed by atoms with E-state index < -0.39 is 0 Å². The number of hydrogen-bond acceptors (Lipinski definition) is 6. The Balaban J connectivity index is 1.90. The van der Waals surface area contributed by atoms with Crippen LogP contribution in [0.15, 0.2) is 24.3 Å². The molecule has 2 N–H and O–H groups in total. The van der Waals surface area contributed by atoms with Gasteiger partial charge in [-0.05, 0) is 59.2 Å². The monoisotopic (exact) mass is 372 g/mol. The number of rotatable bonds is 4. The van der Waals surface area contributed by atoms with Crippen molar-refractivity contribution in [3.05, 3.63) is 41.0 Å². The maximum Gasteiger partial charge on any atom is 0.200 e. The fourth-order valence-electron chi connectivity index (χ4n) is 4.48. The minimum absolute atomic E-state index is 0.00135. The van der Waals surface area contributed by atoms with E-state index in [1.807, 2.05) is 18.2 Å². The highest BCUT2D eigenvalue weighted by Gasteiger charge is 2.42. The van der Waals surface area contributed by atoms with Gasteiger partial charge in [-0.3, -0.25) is 0 Å². The van der Waals surface area contributed by atoms with E-state index in [0.717, 1.165) is 29.7 Å². The maximum atomic E-state index is 10.4. The molecule has 2 aromatic rings. The predicted octanol–water partition coefficient (Wildman–Crippen LogP) is 3.07. The lowest BCUT2D eigenvalue weighted by molar-refractivity contribution is 0.179. The Morgan fingerprint density at radius 3 is 2.19 bits per heavy atom. The molecule has 0 unspecified atom stereocenters. The van der Waals surface area contributed by atoms with Gasteiger partial charge in [0.1, 0.15) is 0 Å². The largest absolute Gasteiger partial charge is 0.504 e. The molecule has 0 aromatic heterocycles. The molecule has 1 aliphatic carbocycles. The van der Waals surface area contributed by atoms with Crippen molar-refractivity contribution in [3.63, 3.8) is 0 Å². The van der Waals surface area contributed by atoms with Crippen LogP contribution in [0.3, 0.4) is 0 Å². The topological polar surface area (TPSA) is 77.4 Å². The highest BCUT2D eigenvalue weighted by Crippen LogP contribution is 2.51. The zero-order valence-corrected chi connectivity index (χ0v) is 15.7. The van der Waals surface area contributed by atoms with Crippen molar-refractivity contribution in [1.29, 1.82) is 0 Å². The summed E-state index contributed by atoms with van der Waals surface area (Å²) >= 11 is 0. The third-order valence-electron chi connectivity index (χ3n) is 5.79. The molecule has 3 atom stereocenters. The molecular formula is C21H24O6. The third-order valence-corrected chi connectivity index (χ3v) is 5.79. The molecule has 0 bridgehead atoms. The van der Waals surface area contributed by atoms with Crippen LogP contribution in [0.1, 0.15) is 22.6 Å². The summed E-state index contributed by atoms with van der Waals surface area (Å²) in [5.41, 5.74) is 3.16. The standard InChI is InChI=1S/C21H24O6/c1-24-17-5-11-4-13-9-27-10-15(13)20(14(11)8-16(17)22)12-6-18(25-2)21(23)19(7-12)26-3/h5-8,13,15,20,22-23H,4,9-10H2,1-3H3/t13-,15-,20+/m1/s1. The first kappa shape index (κ1) is 17.8. The second-order valence-corrected chi connectivity index (χ2v) is 7.14. The number of phenols is 2. The second kappa shape index (κ2) is 6.85. The molecule has 1 fully saturated rings. The van der Waals surface area contributed by atoms with E-state index in [-0.39, 0.29) is 23.3 Å². The van der Waals surface area contributed by atoms with Gasteiger partial charge in [0.25, 0.3) is 0 Å². The van der Waals surface area contributed by atoms with Gasteiger partial charge >= 0.3 is 0 Å². The van der Waals surface area contributed by atoms with E-state index in [9.17, 15) is 10.2 Å². The number of hydrogen-bond donors (Lipinski definition) is 2. The van der Waals surface area contributed by atoms with Gasteiger partial charge in [-0.2, -0.15) is 0 Å². The molecule has 1 heterocycles. The quantitative estimate of drug-likeness (QED) is 0.859. The van der Waals surface area contributed by atoms with Gasteiger partial charge in [0, 0.05) is 5.92 Å². The summed E-state index contributed by atoms with van der Waals surface area (Å²) in [5, 5.41) is 20.6. The zero-order valence-electron chi connectivity index (χ0n) is 15.7. The Labute approximate surface area is 158 Å². The average molecular weight is 372 g/mol. The van der Waals surface area contributed by atoms with Crippen LogP contribution >= 0.6 is 0 Å². The summed E-state index contributed by atoms with van der Waals surface area (Å²) in [6.45, 7) is 1.38. The van der Waals surface area contributed by atoms with Gasteiger partial charge in [0.15, 0.2) is 23.0 Å². The van der Waals surface area contributed by atoms with E-state index in [4.69, 9.17) is 18.9 Å². The van der Waals surface area contributed by atoms with E-state index in [0.29, 0.717) is 29.8 Å². The van der Waals surface area contributed by atoms with Gasteiger partial charge < -0.3 is 29.2 Å². The summed E-state index contributed by atoms with van der Waals surface area (Å²) in [4.78, 5) is 0. The van der Waals surface area contributed by atoms with Gasteiger partial charge in [0.05, 0.1) is 34.5 Å². The number of aromatic hydroxyl groups is 2. The van der Waals surface area contributed by atoms with Crippen molar-refractivity contribution in [1.82, 2.24) is 0 Å². The second-order valence-electron chi connectivity index (χ2n) is 7.14. The smallest absolute Gasteiger partial charge is 0.200 e. The van der Waals surface area contributed by atoms with Gasteiger partial charge in [-0.1, -0.05) is 0 Å². The Hall–Kier alpha value is -2.60. The van der Waals surface area contributed by atoms with E-state index in [2.05, 4.69) is 0 Å². The number of methoxy groups -OCH3 is 3. The first-order chi connectivity index (χ1) is 13.1. The van der Waals surface area contributed by atoms with Gasteiger partial charge in [0.2, 0.25) is 5.75 Å². The Bertz CT molecular complexity index is 837. The molecule has 1 saturated heterocycles. The number of ether oxygens (including phenoxy) is 4. The molecule has 1 aliphatic heterocycles. The van der Waals surface area contributed by atoms with Crippen molar-refractivity contribution in [2.75, 3.05) is 34.5 Å². The lowest BCUT2D eigenvalue weighted by Crippen LogP contribution is -2.29. The van der Waals surface area contributed by atoms with Crippen LogP contribution in [0.5, 0.6) is 28.7 Å². The molecule has 6 nitrogen and oxygen atoms in total. The first-order valence-electron chi connectivity index (χ1n) is 8.99. The molecule has 144 valence electrons. The number of fused-ring (bicyclic) bond motifs is 2. The maximum absolute atomic E-state index is 10.4.